The highest BCUT2D eigenvalue weighted by Crippen LogP contribution is 2.27. The third kappa shape index (κ3) is 7.77. The maximum atomic E-state index is 11.4. The Labute approximate surface area is 184 Å². The van der Waals surface area contributed by atoms with Crippen LogP contribution in [0.4, 0.5) is 0 Å². The van der Waals surface area contributed by atoms with E-state index in [1.54, 1.807) is 19.1 Å². The van der Waals surface area contributed by atoms with Crippen LogP contribution in [0.25, 0.3) is 0 Å². The first-order chi connectivity index (χ1) is 13.0. The third-order valence-electron chi connectivity index (χ3n) is 3.62. The van der Waals surface area contributed by atoms with Crippen LogP contribution in [-0.4, -0.2) is 37.4 Å². The molecule has 0 fully saturated rings. The molecule has 8 heteroatoms. The van der Waals surface area contributed by atoms with E-state index in [1.807, 2.05) is 38.1 Å². The predicted octanol–water partition coefficient (Wildman–Crippen LogP) is 4.83. The number of rotatable bonds is 10. The second-order valence-corrected chi connectivity index (χ2v) is 6.48. The number of carbonyl (C=O) groups excluding carboxylic acids is 1. The number of aromatic nitrogens is 1. The highest BCUT2D eigenvalue weighted by molar-refractivity contribution is 9.10. The molecule has 1 heterocycles. The summed E-state index contributed by atoms with van der Waals surface area (Å²) < 4.78 is 22.8. The van der Waals surface area contributed by atoms with Gasteiger partial charge in [-0.2, -0.15) is 0 Å². The summed E-state index contributed by atoms with van der Waals surface area (Å²) in [5, 5.41) is 0. The van der Waals surface area contributed by atoms with Crippen molar-refractivity contribution in [3.8, 4) is 11.5 Å². The summed E-state index contributed by atoms with van der Waals surface area (Å²) in [6.07, 6.45) is -0.340. The van der Waals surface area contributed by atoms with Crippen LogP contribution < -0.4 is 9.47 Å². The Kier molecular flexibility index (Phi) is 11.1. The number of nitrogens with zero attached hydrogens (tertiary/aromatic N) is 1. The minimum Gasteiger partial charge on any atom is -0.482 e. The fraction of sp³-hybridized carbons (Fsp3) is 0.400. The lowest BCUT2D eigenvalue weighted by Crippen LogP contribution is -2.17. The third-order valence-corrected chi connectivity index (χ3v) is 4.06. The van der Waals surface area contributed by atoms with Gasteiger partial charge in [0.2, 0.25) is 0 Å². The van der Waals surface area contributed by atoms with Gasteiger partial charge in [-0.1, -0.05) is 6.07 Å². The second-order valence-electron chi connectivity index (χ2n) is 5.67. The van der Waals surface area contributed by atoms with Gasteiger partial charge in [0.25, 0.3) is 0 Å². The van der Waals surface area contributed by atoms with Gasteiger partial charge in [-0.05, 0) is 72.6 Å². The summed E-state index contributed by atoms with van der Waals surface area (Å²) in [6.45, 7) is 6.78. The molecule has 6 nitrogen and oxygen atoms in total. The molecule has 2 aromatic rings. The summed E-state index contributed by atoms with van der Waals surface area (Å²) >= 11 is 3.38. The van der Waals surface area contributed by atoms with Gasteiger partial charge in [0, 0.05) is 6.61 Å². The molecule has 154 valence electrons. The van der Waals surface area contributed by atoms with Crippen LogP contribution in [0.1, 0.15) is 31.2 Å². The van der Waals surface area contributed by atoms with Crippen LogP contribution in [-0.2, 0) is 14.3 Å². The van der Waals surface area contributed by atoms with Crippen LogP contribution >= 0.6 is 32.9 Å². The number of hydrogen-bond donors (Lipinski definition) is 0. The fourth-order valence-electron chi connectivity index (χ4n) is 2.37. The van der Waals surface area contributed by atoms with Crippen molar-refractivity contribution >= 4 is 38.9 Å². The quantitative estimate of drug-likeness (QED) is 0.331. The SMILES string of the molecule is Br.CCOC[C@@H](Oc1ccc(OCC(=O)OCC)c(C)c1)c1cccc(Br)n1. The summed E-state index contributed by atoms with van der Waals surface area (Å²) in [5.41, 5.74) is 1.63. The molecule has 2 rings (SSSR count). The average molecular weight is 519 g/mol. The van der Waals surface area contributed by atoms with E-state index in [1.165, 1.54) is 0 Å². The highest BCUT2D eigenvalue weighted by Gasteiger charge is 2.16. The lowest BCUT2D eigenvalue weighted by Gasteiger charge is -2.19. The fourth-order valence-corrected chi connectivity index (χ4v) is 2.73. The summed E-state index contributed by atoms with van der Waals surface area (Å²) in [6, 6.07) is 11.1. The van der Waals surface area contributed by atoms with E-state index in [0.717, 1.165) is 15.9 Å². The van der Waals surface area contributed by atoms with Gasteiger partial charge < -0.3 is 18.9 Å². The van der Waals surface area contributed by atoms with E-state index in [4.69, 9.17) is 18.9 Å². The number of hydrogen-bond acceptors (Lipinski definition) is 6. The van der Waals surface area contributed by atoms with Crippen molar-refractivity contribution in [2.75, 3.05) is 26.4 Å². The Balaban J connectivity index is 0.00000392. The van der Waals surface area contributed by atoms with Crippen LogP contribution in [0.15, 0.2) is 41.0 Å². The first-order valence-corrected chi connectivity index (χ1v) is 9.58. The second kappa shape index (κ2) is 12.7. The molecule has 0 saturated carbocycles. The summed E-state index contributed by atoms with van der Waals surface area (Å²) in [7, 11) is 0. The molecular formula is C20H25Br2NO5. The zero-order valence-corrected chi connectivity index (χ0v) is 19.4. The molecule has 0 unspecified atom stereocenters. The van der Waals surface area contributed by atoms with E-state index in [9.17, 15) is 4.79 Å². The molecule has 0 aliphatic carbocycles. The van der Waals surface area contributed by atoms with Crippen molar-refractivity contribution < 1.29 is 23.7 Å². The lowest BCUT2D eigenvalue weighted by molar-refractivity contribution is -0.145. The molecule has 28 heavy (non-hydrogen) atoms. The Morgan fingerprint density at radius 2 is 1.96 bits per heavy atom. The van der Waals surface area contributed by atoms with Gasteiger partial charge in [-0.25, -0.2) is 9.78 Å². The number of halogens is 2. The lowest BCUT2D eigenvalue weighted by atomic mass is 10.2. The average Bonchev–Trinajstić information content (AvgIpc) is 2.64. The Bertz CT molecular complexity index is 757. The summed E-state index contributed by atoms with van der Waals surface area (Å²) in [4.78, 5) is 15.9. The number of aryl methyl sites for hydroxylation is 1. The molecule has 0 radical (unpaired) electrons. The molecule has 0 N–H and O–H groups in total. The number of esters is 1. The van der Waals surface area contributed by atoms with Gasteiger partial charge in [0.15, 0.2) is 12.7 Å². The molecule has 1 aromatic heterocycles. The van der Waals surface area contributed by atoms with Gasteiger partial charge >= 0.3 is 5.97 Å². The number of benzene rings is 1. The molecule has 1 aromatic carbocycles. The molecule has 0 aliphatic rings. The van der Waals surface area contributed by atoms with Crippen molar-refractivity contribution in [3.05, 3.63) is 52.3 Å². The molecule has 0 amide bonds. The minimum atomic E-state index is -0.394. The van der Waals surface area contributed by atoms with Crippen LogP contribution in [0.3, 0.4) is 0 Å². The zero-order chi connectivity index (χ0) is 19.6. The largest absolute Gasteiger partial charge is 0.482 e. The van der Waals surface area contributed by atoms with Crippen molar-refractivity contribution in [3.63, 3.8) is 0 Å². The first-order valence-electron chi connectivity index (χ1n) is 8.79. The molecular weight excluding hydrogens is 494 g/mol. The van der Waals surface area contributed by atoms with Crippen molar-refractivity contribution in [2.45, 2.75) is 26.9 Å². The molecule has 0 saturated heterocycles. The minimum absolute atomic E-state index is 0. The smallest absolute Gasteiger partial charge is 0.344 e. The Hall–Kier alpha value is -1.64. The Morgan fingerprint density at radius 1 is 1.18 bits per heavy atom. The van der Waals surface area contributed by atoms with Gasteiger partial charge in [0.1, 0.15) is 16.1 Å². The standard InChI is InChI=1S/C20H24BrNO5.BrH/c1-4-24-12-18(16-7-6-8-19(21)22-16)27-15-9-10-17(14(3)11-15)26-13-20(23)25-5-2;/h6-11,18H,4-5,12-13H2,1-3H3;1H/t18-;/m1./s1. The van der Waals surface area contributed by atoms with E-state index in [-0.39, 0.29) is 29.7 Å². The molecule has 1 atom stereocenters. The molecule has 0 spiro atoms. The van der Waals surface area contributed by atoms with Gasteiger partial charge in [0.05, 0.1) is 18.9 Å². The maximum absolute atomic E-state index is 11.4. The number of pyridine rings is 1. The van der Waals surface area contributed by atoms with E-state index in [2.05, 4.69) is 20.9 Å². The number of carbonyl (C=O) groups is 1. The monoisotopic (exact) mass is 517 g/mol. The van der Waals surface area contributed by atoms with Gasteiger partial charge in [-0.3, -0.25) is 0 Å². The molecule has 0 aliphatic heterocycles. The Morgan fingerprint density at radius 3 is 2.61 bits per heavy atom. The zero-order valence-electron chi connectivity index (χ0n) is 16.1. The predicted molar refractivity (Wildman–Crippen MR) is 115 cm³/mol. The van der Waals surface area contributed by atoms with Crippen molar-refractivity contribution in [1.29, 1.82) is 0 Å². The van der Waals surface area contributed by atoms with E-state index < -0.39 is 5.97 Å². The van der Waals surface area contributed by atoms with Crippen LogP contribution in [0.2, 0.25) is 0 Å². The number of ether oxygens (including phenoxy) is 4. The van der Waals surface area contributed by atoms with E-state index >= 15 is 0 Å². The van der Waals surface area contributed by atoms with Crippen LogP contribution in [0, 0.1) is 6.92 Å². The molecule has 0 bridgehead atoms. The topological polar surface area (TPSA) is 66.9 Å². The maximum Gasteiger partial charge on any atom is 0.344 e. The van der Waals surface area contributed by atoms with E-state index in [0.29, 0.717) is 31.3 Å². The highest BCUT2D eigenvalue weighted by atomic mass is 79.9. The van der Waals surface area contributed by atoms with Crippen molar-refractivity contribution in [2.24, 2.45) is 0 Å². The van der Waals surface area contributed by atoms with Crippen molar-refractivity contribution in [1.82, 2.24) is 4.98 Å². The normalized spacial score (nSPS) is 11.3. The van der Waals surface area contributed by atoms with Gasteiger partial charge in [-0.15, -0.1) is 17.0 Å². The first kappa shape index (κ1) is 24.4. The summed E-state index contributed by atoms with van der Waals surface area (Å²) in [5.74, 6) is 0.884. The van der Waals surface area contributed by atoms with Crippen LogP contribution in [0.5, 0.6) is 11.5 Å².